The van der Waals surface area contributed by atoms with Gasteiger partial charge >= 0.3 is 0 Å². The van der Waals surface area contributed by atoms with Crippen LogP contribution >= 0.6 is 23.1 Å². The van der Waals surface area contributed by atoms with Crippen LogP contribution < -0.4 is 5.32 Å². The number of fused-ring (bicyclic) bond motifs is 1. The second-order valence-corrected chi connectivity index (χ2v) is 10.6. The predicted octanol–water partition coefficient (Wildman–Crippen LogP) is 6.11. The summed E-state index contributed by atoms with van der Waals surface area (Å²) in [4.78, 5) is 19.1. The molecule has 33 heavy (non-hydrogen) atoms. The van der Waals surface area contributed by atoms with Crippen LogP contribution in [0.4, 0.5) is 5.69 Å². The van der Waals surface area contributed by atoms with Crippen LogP contribution in [0.1, 0.15) is 51.4 Å². The fourth-order valence-electron chi connectivity index (χ4n) is 4.43. The van der Waals surface area contributed by atoms with E-state index >= 15 is 0 Å². The Balaban J connectivity index is 1.48. The van der Waals surface area contributed by atoms with E-state index in [2.05, 4.69) is 40.9 Å². The number of carbonyl (C=O) groups is 1. The lowest BCUT2D eigenvalue weighted by molar-refractivity contribution is -0.115. The highest BCUT2D eigenvalue weighted by Crippen LogP contribution is 2.39. The molecular weight excluding hydrogens is 448 g/mol. The summed E-state index contributed by atoms with van der Waals surface area (Å²) in [6.45, 7) is 6.14. The van der Waals surface area contributed by atoms with Gasteiger partial charge in [-0.2, -0.15) is 5.26 Å². The Morgan fingerprint density at radius 1 is 1.15 bits per heavy atom. The maximum absolute atomic E-state index is 12.6. The van der Waals surface area contributed by atoms with Gasteiger partial charge in [-0.3, -0.25) is 4.79 Å². The van der Waals surface area contributed by atoms with Gasteiger partial charge in [0.2, 0.25) is 0 Å². The van der Waals surface area contributed by atoms with Gasteiger partial charge in [0.15, 0.2) is 5.17 Å². The number of rotatable bonds is 3. The lowest BCUT2D eigenvalue weighted by atomic mass is 9.96. The Hall–Kier alpha value is -3.08. The van der Waals surface area contributed by atoms with Crippen LogP contribution in [0.25, 0.3) is 11.1 Å². The molecule has 3 aromatic rings. The van der Waals surface area contributed by atoms with Gasteiger partial charge in [0.05, 0.1) is 16.2 Å². The van der Waals surface area contributed by atoms with Crippen LogP contribution in [0.15, 0.2) is 40.2 Å². The molecule has 3 heterocycles. The zero-order valence-electron chi connectivity index (χ0n) is 18.9. The molecule has 1 fully saturated rings. The van der Waals surface area contributed by atoms with Crippen molar-refractivity contribution >= 4 is 45.9 Å². The van der Waals surface area contributed by atoms with E-state index in [9.17, 15) is 10.1 Å². The first-order valence-electron chi connectivity index (χ1n) is 11.0. The quantitative estimate of drug-likeness (QED) is 0.468. The molecule has 1 amide bonds. The number of aliphatic imine (C=N–C) groups is 1. The van der Waals surface area contributed by atoms with E-state index in [1.807, 2.05) is 37.3 Å². The maximum Gasteiger partial charge on any atom is 0.264 e. The van der Waals surface area contributed by atoms with Gasteiger partial charge in [0.25, 0.3) is 5.91 Å². The summed E-state index contributed by atoms with van der Waals surface area (Å²) >= 11 is 3.10. The minimum Gasteiger partial charge on any atom is -0.308 e. The SMILES string of the molecule is Cc1ccc(N=C2NC(=O)C(=Cc3cc(C)n(-c4sc5c(c4C#N)CCCC5)c3C)S2)cc1. The van der Waals surface area contributed by atoms with Crippen molar-refractivity contribution in [2.45, 2.75) is 46.5 Å². The first kappa shape index (κ1) is 21.7. The number of thiophene rings is 1. The molecule has 0 spiro atoms. The third kappa shape index (κ3) is 4.05. The Morgan fingerprint density at radius 3 is 2.67 bits per heavy atom. The van der Waals surface area contributed by atoms with Crippen LogP contribution in [-0.2, 0) is 17.6 Å². The molecule has 2 aromatic heterocycles. The zero-order valence-corrected chi connectivity index (χ0v) is 20.5. The number of amides is 1. The van der Waals surface area contributed by atoms with E-state index < -0.39 is 0 Å². The molecule has 1 aromatic carbocycles. The topological polar surface area (TPSA) is 70.2 Å². The molecule has 5 rings (SSSR count). The monoisotopic (exact) mass is 472 g/mol. The second kappa shape index (κ2) is 8.69. The highest BCUT2D eigenvalue weighted by Gasteiger charge is 2.26. The molecule has 0 radical (unpaired) electrons. The number of aryl methyl sites for hydroxylation is 3. The largest absolute Gasteiger partial charge is 0.308 e. The number of nitrogens with one attached hydrogen (secondary N) is 1. The van der Waals surface area contributed by atoms with Gasteiger partial charge in [0.1, 0.15) is 11.1 Å². The van der Waals surface area contributed by atoms with Gasteiger partial charge in [-0.15, -0.1) is 11.3 Å². The smallest absolute Gasteiger partial charge is 0.264 e. The molecule has 0 unspecified atom stereocenters. The summed E-state index contributed by atoms with van der Waals surface area (Å²) in [5.74, 6) is -0.139. The average Bonchev–Trinajstić information content (AvgIpc) is 3.42. The van der Waals surface area contributed by atoms with Crippen LogP contribution in [0.3, 0.4) is 0 Å². The zero-order chi connectivity index (χ0) is 23.1. The van der Waals surface area contributed by atoms with Crippen molar-refractivity contribution in [2.24, 2.45) is 4.99 Å². The Labute approximate surface area is 201 Å². The third-order valence-corrected chi connectivity index (χ3v) is 8.33. The van der Waals surface area contributed by atoms with Gasteiger partial charge in [0, 0.05) is 16.3 Å². The first-order chi connectivity index (χ1) is 15.9. The summed E-state index contributed by atoms with van der Waals surface area (Å²) < 4.78 is 2.17. The Morgan fingerprint density at radius 2 is 1.91 bits per heavy atom. The standard InChI is InChI=1S/C26H24N4OS2/c1-15-8-10-19(11-9-15)28-26-29-24(31)23(33-26)13-18-12-16(2)30(17(18)3)25-21(14-27)20-6-4-5-7-22(20)32-25/h8-13H,4-7H2,1-3H3,(H,28,29,31). The highest BCUT2D eigenvalue weighted by molar-refractivity contribution is 8.18. The van der Waals surface area contributed by atoms with Crippen molar-refractivity contribution < 1.29 is 4.79 Å². The molecule has 1 saturated heterocycles. The number of amidine groups is 1. The number of hydrogen-bond acceptors (Lipinski definition) is 5. The fourth-order valence-corrected chi connectivity index (χ4v) is 6.71. The van der Waals surface area contributed by atoms with Crippen LogP contribution in [0.5, 0.6) is 0 Å². The summed E-state index contributed by atoms with van der Waals surface area (Å²) in [5.41, 5.74) is 7.11. The fraction of sp³-hybridized carbons (Fsp3) is 0.269. The van der Waals surface area contributed by atoms with E-state index in [1.165, 1.54) is 34.2 Å². The number of aromatic nitrogens is 1. The molecule has 0 atom stereocenters. The maximum atomic E-state index is 12.6. The van der Waals surface area contributed by atoms with Crippen molar-refractivity contribution in [3.8, 4) is 11.1 Å². The minimum absolute atomic E-state index is 0.139. The number of benzene rings is 1. The minimum atomic E-state index is -0.139. The Kier molecular flexibility index (Phi) is 5.73. The predicted molar refractivity (Wildman–Crippen MR) is 136 cm³/mol. The Bertz CT molecular complexity index is 1370. The normalized spacial score (nSPS) is 17.9. The molecule has 0 saturated carbocycles. The molecule has 1 aliphatic carbocycles. The second-order valence-electron chi connectivity index (χ2n) is 8.48. The van der Waals surface area contributed by atoms with E-state index in [4.69, 9.17) is 0 Å². The van der Waals surface area contributed by atoms with Gasteiger partial charge in [-0.1, -0.05) is 17.7 Å². The van der Waals surface area contributed by atoms with Crippen LogP contribution in [0, 0.1) is 32.1 Å². The van der Waals surface area contributed by atoms with Gasteiger partial charge in [-0.25, -0.2) is 4.99 Å². The molecule has 5 nitrogen and oxygen atoms in total. The first-order valence-corrected chi connectivity index (χ1v) is 12.7. The van der Waals surface area contributed by atoms with Gasteiger partial charge in [-0.05, 0) is 93.6 Å². The molecule has 2 aliphatic rings. The van der Waals surface area contributed by atoms with Crippen molar-refractivity contribution in [2.75, 3.05) is 0 Å². The molecule has 1 N–H and O–H groups in total. The van der Waals surface area contributed by atoms with Crippen molar-refractivity contribution in [1.29, 1.82) is 5.26 Å². The summed E-state index contributed by atoms with van der Waals surface area (Å²) in [6.07, 6.45) is 6.32. The van der Waals surface area contributed by atoms with Crippen LogP contribution in [-0.4, -0.2) is 15.6 Å². The lowest BCUT2D eigenvalue weighted by Gasteiger charge is -2.10. The number of nitriles is 1. The molecule has 7 heteroatoms. The molecule has 1 aliphatic heterocycles. The summed E-state index contributed by atoms with van der Waals surface area (Å²) in [7, 11) is 0. The number of nitrogens with zero attached hydrogens (tertiary/aromatic N) is 3. The third-order valence-electron chi connectivity index (χ3n) is 6.14. The highest BCUT2D eigenvalue weighted by atomic mass is 32.2. The van der Waals surface area contributed by atoms with E-state index in [0.717, 1.165) is 52.5 Å². The average molecular weight is 473 g/mol. The summed E-state index contributed by atoms with van der Waals surface area (Å²) in [6, 6.07) is 12.5. The van der Waals surface area contributed by atoms with Crippen molar-refractivity contribution in [1.82, 2.24) is 9.88 Å². The number of carbonyl (C=O) groups excluding carboxylic acids is 1. The molecular formula is C26H24N4OS2. The molecule has 0 bridgehead atoms. The van der Waals surface area contributed by atoms with Gasteiger partial charge < -0.3 is 9.88 Å². The molecule has 166 valence electrons. The van der Waals surface area contributed by atoms with E-state index in [0.29, 0.717) is 10.1 Å². The van der Waals surface area contributed by atoms with E-state index in [-0.39, 0.29) is 5.91 Å². The van der Waals surface area contributed by atoms with E-state index in [1.54, 1.807) is 11.3 Å². The number of hydrogen-bond donors (Lipinski definition) is 1. The summed E-state index contributed by atoms with van der Waals surface area (Å²) in [5, 5.41) is 14.4. The lowest BCUT2D eigenvalue weighted by Crippen LogP contribution is -2.19. The van der Waals surface area contributed by atoms with Crippen LogP contribution in [0.2, 0.25) is 0 Å². The van der Waals surface area contributed by atoms with Crippen molar-refractivity contribution in [3.05, 3.63) is 73.8 Å². The van der Waals surface area contributed by atoms with Crippen molar-refractivity contribution in [3.63, 3.8) is 0 Å². The number of thioether (sulfide) groups is 1.